The van der Waals surface area contributed by atoms with E-state index in [-0.39, 0.29) is 12.2 Å². The molecule has 2 unspecified atom stereocenters. The van der Waals surface area contributed by atoms with Gasteiger partial charge in [0.25, 0.3) is 0 Å². The molecule has 0 amide bonds. The summed E-state index contributed by atoms with van der Waals surface area (Å²) in [4.78, 5) is 15.8. The Hall–Kier alpha value is -1.23. The highest BCUT2D eigenvalue weighted by atomic mass is 16.5. The second-order valence-corrected chi connectivity index (χ2v) is 5.48. The van der Waals surface area contributed by atoms with Gasteiger partial charge in [-0.25, -0.2) is 0 Å². The minimum absolute atomic E-state index is 0.110. The van der Waals surface area contributed by atoms with Crippen LogP contribution in [0.15, 0.2) is 4.52 Å². The van der Waals surface area contributed by atoms with Crippen molar-refractivity contribution in [2.75, 3.05) is 7.11 Å². The van der Waals surface area contributed by atoms with Crippen molar-refractivity contribution in [3.8, 4) is 0 Å². The maximum absolute atomic E-state index is 11.4. The van der Waals surface area contributed by atoms with Crippen molar-refractivity contribution in [3.63, 3.8) is 0 Å². The molecule has 0 aliphatic heterocycles. The Morgan fingerprint density at radius 3 is 3.00 bits per heavy atom. The number of carbonyl (C=O) groups excluding carboxylic acids is 1. The van der Waals surface area contributed by atoms with E-state index in [9.17, 15) is 4.79 Å². The molecule has 5 nitrogen and oxygen atoms in total. The van der Waals surface area contributed by atoms with Crippen LogP contribution in [0.3, 0.4) is 0 Å². The monoisotopic (exact) mass is 266 g/mol. The third-order valence-electron chi connectivity index (χ3n) is 3.96. The molecule has 1 aromatic heterocycles. The Morgan fingerprint density at radius 1 is 1.58 bits per heavy atom. The summed E-state index contributed by atoms with van der Waals surface area (Å²) < 4.78 is 10.9. The van der Waals surface area contributed by atoms with Crippen molar-refractivity contribution >= 4 is 5.78 Å². The van der Waals surface area contributed by atoms with E-state index in [0.717, 1.165) is 19.3 Å². The highest BCUT2D eigenvalue weighted by Crippen LogP contribution is 2.41. The SMILES string of the molecule is CCC(=O)Cc1nc(C2(OC)CCCC(C)C2)no1. The average molecular weight is 266 g/mol. The molecule has 0 spiro atoms. The van der Waals surface area contributed by atoms with Crippen LogP contribution in [0.5, 0.6) is 0 Å². The van der Waals surface area contributed by atoms with Gasteiger partial charge in [0.05, 0.1) is 6.42 Å². The van der Waals surface area contributed by atoms with E-state index in [4.69, 9.17) is 9.26 Å². The van der Waals surface area contributed by atoms with Crippen LogP contribution in [0.2, 0.25) is 0 Å². The lowest BCUT2D eigenvalue weighted by Crippen LogP contribution is -2.35. The van der Waals surface area contributed by atoms with Crippen molar-refractivity contribution in [2.24, 2.45) is 5.92 Å². The quantitative estimate of drug-likeness (QED) is 0.819. The van der Waals surface area contributed by atoms with Crippen LogP contribution < -0.4 is 0 Å². The van der Waals surface area contributed by atoms with Crippen molar-refractivity contribution in [2.45, 2.75) is 58.0 Å². The van der Waals surface area contributed by atoms with Gasteiger partial charge in [0.1, 0.15) is 11.4 Å². The summed E-state index contributed by atoms with van der Waals surface area (Å²) in [6, 6.07) is 0. The number of ether oxygens (including phenoxy) is 1. The summed E-state index contributed by atoms with van der Waals surface area (Å²) in [5, 5.41) is 4.04. The number of methoxy groups -OCH3 is 1. The fourth-order valence-corrected chi connectivity index (χ4v) is 2.79. The number of ketones is 1. The number of hydrogen-bond acceptors (Lipinski definition) is 5. The lowest BCUT2D eigenvalue weighted by molar-refractivity contribution is -0.118. The molecular formula is C14H22N2O3. The van der Waals surface area contributed by atoms with Crippen LogP contribution in [0, 0.1) is 5.92 Å². The molecule has 0 bridgehead atoms. The van der Waals surface area contributed by atoms with Crippen LogP contribution in [0.4, 0.5) is 0 Å². The molecule has 0 radical (unpaired) electrons. The zero-order chi connectivity index (χ0) is 13.9. The average Bonchev–Trinajstić information content (AvgIpc) is 2.87. The molecule has 1 saturated carbocycles. The van der Waals surface area contributed by atoms with Crippen LogP contribution in [-0.4, -0.2) is 23.0 Å². The molecule has 0 N–H and O–H groups in total. The maximum Gasteiger partial charge on any atom is 0.234 e. The van der Waals surface area contributed by atoms with Crippen molar-refractivity contribution < 1.29 is 14.1 Å². The van der Waals surface area contributed by atoms with E-state index >= 15 is 0 Å². The van der Waals surface area contributed by atoms with Gasteiger partial charge in [-0.2, -0.15) is 4.98 Å². The molecule has 1 aromatic rings. The Labute approximate surface area is 113 Å². The van der Waals surface area contributed by atoms with Gasteiger partial charge in [-0.15, -0.1) is 0 Å². The first-order chi connectivity index (χ1) is 9.09. The summed E-state index contributed by atoms with van der Waals surface area (Å²) >= 11 is 0. The number of rotatable bonds is 5. The fraction of sp³-hybridized carbons (Fsp3) is 0.786. The summed E-state index contributed by atoms with van der Waals surface area (Å²) in [5.41, 5.74) is -0.436. The highest BCUT2D eigenvalue weighted by Gasteiger charge is 2.40. The van der Waals surface area contributed by atoms with Gasteiger partial charge in [-0.3, -0.25) is 4.79 Å². The van der Waals surface area contributed by atoms with Gasteiger partial charge < -0.3 is 9.26 Å². The van der Waals surface area contributed by atoms with Crippen molar-refractivity contribution in [1.29, 1.82) is 0 Å². The normalized spacial score (nSPS) is 27.4. The standard InChI is InChI=1S/C14H22N2O3/c1-4-11(17)8-12-15-13(16-19-12)14(18-3)7-5-6-10(2)9-14/h10H,4-9H2,1-3H3. The fourth-order valence-electron chi connectivity index (χ4n) is 2.79. The van der Waals surface area contributed by atoms with Gasteiger partial charge in [0, 0.05) is 13.5 Å². The van der Waals surface area contributed by atoms with E-state index in [1.54, 1.807) is 7.11 Å². The van der Waals surface area contributed by atoms with Crippen LogP contribution in [-0.2, 0) is 21.6 Å². The Balaban J connectivity index is 2.17. The molecule has 2 rings (SSSR count). The van der Waals surface area contributed by atoms with Crippen LogP contribution >= 0.6 is 0 Å². The zero-order valence-electron chi connectivity index (χ0n) is 11.9. The molecule has 2 atom stereocenters. The molecule has 1 fully saturated rings. The largest absolute Gasteiger partial charge is 0.370 e. The minimum atomic E-state index is -0.436. The lowest BCUT2D eigenvalue weighted by atomic mass is 9.78. The van der Waals surface area contributed by atoms with Crippen LogP contribution in [0.25, 0.3) is 0 Å². The molecule has 19 heavy (non-hydrogen) atoms. The van der Waals surface area contributed by atoms with Gasteiger partial charge in [-0.1, -0.05) is 25.4 Å². The van der Waals surface area contributed by atoms with E-state index in [0.29, 0.717) is 24.1 Å². The molecule has 1 aliphatic carbocycles. The third kappa shape index (κ3) is 3.03. The van der Waals surface area contributed by atoms with Crippen LogP contribution in [0.1, 0.15) is 57.7 Å². The summed E-state index contributed by atoms with van der Waals surface area (Å²) in [6.45, 7) is 4.05. The summed E-state index contributed by atoms with van der Waals surface area (Å²) in [6.07, 6.45) is 4.85. The number of hydrogen-bond donors (Lipinski definition) is 0. The van der Waals surface area contributed by atoms with Gasteiger partial charge >= 0.3 is 0 Å². The molecule has 5 heteroatoms. The topological polar surface area (TPSA) is 65.2 Å². The summed E-state index contributed by atoms with van der Waals surface area (Å²) in [7, 11) is 1.70. The number of Topliss-reactive ketones (excluding diaryl/α,β-unsaturated/α-hetero) is 1. The first-order valence-corrected chi connectivity index (χ1v) is 6.99. The molecule has 1 heterocycles. The Kier molecular flexibility index (Phi) is 4.34. The lowest BCUT2D eigenvalue weighted by Gasteiger charge is -2.36. The first kappa shape index (κ1) is 14.2. The van der Waals surface area contributed by atoms with E-state index in [1.165, 1.54) is 6.42 Å². The Bertz CT molecular complexity index is 444. The van der Waals surface area contributed by atoms with Gasteiger partial charge in [-0.05, 0) is 25.2 Å². The molecule has 106 valence electrons. The predicted octanol–water partition coefficient (Wildman–Crippen LogP) is 2.64. The first-order valence-electron chi connectivity index (χ1n) is 6.99. The maximum atomic E-state index is 11.4. The summed E-state index contributed by atoms with van der Waals surface area (Å²) in [5.74, 6) is 1.70. The van der Waals surface area contributed by atoms with Gasteiger partial charge in [0.15, 0.2) is 0 Å². The molecular weight excluding hydrogens is 244 g/mol. The van der Waals surface area contributed by atoms with Gasteiger partial charge in [0.2, 0.25) is 11.7 Å². The third-order valence-corrected chi connectivity index (χ3v) is 3.96. The van der Waals surface area contributed by atoms with Crippen molar-refractivity contribution in [3.05, 3.63) is 11.7 Å². The van der Waals surface area contributed by atoms with E-state index in [1.807, 2.05) is 6.92 Å². The highest BCUT2D eigenvalue weighted by molar-refractivity contribution is 5.79. The predicted molar refractivity (Wildman–Crippen MR) is 69.6 cm³/mol. The zero-order valence-corrected chi connectivity index (χ0v) is 11.9. The Morgan fingerprint density at radius 2 is 2.37 bits per heavy atom. The smallest absolute Gasteiger partial charge is 0.234 e. The second-order valence-electron chi connectivity index (χ2n) is 5.48. The van der Waals surface area contributed by atoms with E-state index in [2.05, 4.69) is 17.1 Å². The second kappa shape index (κ2) is 5.82. The van der Waals surface area contributed by atoms with E-state index < -0.39 is 5.60 Å². The molecule has 0 aromatic carbocycles. The molecule has 0 saturated heterocycles. The minimum Gasteiger partial charge on any atom is -0.370 e. The number of carbonyl (C=O) groups is 1. The van der Waals surface area contributed by atoms with Crippen molar-refractivity contribution in [1.82, 2.24) is 10.1 Å². The number of nitrogens with zero attached hydrogens (tertiary/aromatic N) is 2. The number of aromatic nitrogens is 2. The molecule has 1 aliphatic rings.